The lowest BCUT2D eigenvalue weighted by molar-refractivity contribution is 0.381. The first kappa shape index (κ1) is 12.6. The third-order valence-corrected chi connectivity index (χ3v) is 0.558. The first-order valence-corrected chi connectivity index (χ1v) is 4.48. The van der Waals surface area contributed by atoms with E-state index in [1.165, 1.54) is 0 Å². The van der Waals surface area contributed by atoms with Gasteiger partial charge in [-0.05, 0) is 6.92 Å². The largest absolute Gasteiger partial charge is 0.394 e. The van der Waals surface area contributed by atoms with Crippen molar-refractivity contribution in [1.29, 1.82) is 0 Å². The average Bonchev–Trinajstić information content (AvgIpc) is 1.61. The molecule has 10 heavy (non-hydrogen) atoms. The zero-order chi connectivity index (χ0) is 8.78. The molecule has 0 bridgehead atoms. The van der Waals surface area contributed by atoms with Crippen molar-refractivity contribution in [2.24, 2.45) is 5.73 Å². The molecule has 6 nitrogen and oxygen atoms in total. The lowest BCUT2D eigenvalue weighted by Gasteiger charge is -1.69. The Hall–Kier alpha value is -0.0700. The standard InChI is InChI=1S/C2H6NOP.H2O4S/c1-2(3)5-4;1-5(2,3)4/h2H,3H2,1H3;(H2,1,2,3,4)/p+1. The maximum absolute atomic E-state index is 9.53. The van der Waals surface area contributed by atoms with Gasteiger partial charge >= 0.3 is 18.9 Å². The highest BCUT2D eigenvalue weighted by Gasteiger charge is 1.92. The minimum absolute atomic E-state index is 0.144. The summed E-state index contributed by atoms with van der Waals surface area (Å²) in [4.78, 5) is 0. The molecule has 0 aromatic rings. The summed E-state index contributed by atoms with van der Waals surface area (Å²) in [7, 11) is -5.02. The molecule has 8 heteroatoms. The number of hydrogen-bond acceptors (Lipinski definition) is 4. The lowest BCUT2D eigenvalue weighted by atomic mass is 10.8. The maximum atomic E-state index is 9.53. The van der Waals surface area contributed by atoms with Crippen molar-refractivity contribution < 1.29 is 22.1 Å². The summed E-state index contributed by atoms with van der Waals surface area (Å²) in [6, 6.07) is 0. The van der Waals surface area contributed by atoms with E-state index in [0.29, 0.717) is 0 Å². The van der Waals surface area contributed by atoms with Gasteiger partial charge in [0.25, 0.3) is 0 Å². The van der Waals surface area contributed by atoms with Crippen molar-refractivity contribution in [3.63, 3.8) is 0 Å². The molecule has 0 aromatic heterocycles. The molecule has 0 aliphatic rings. The minimum Gasteiger partial charge on any atom is -0.288 e. The third kappa shape index (κ3) is 102. The van der Waals surface area contributed by atoms with Crippen LogP contribution in [0.2, 0.25) is 0 Å². The molecule has 0 saturated carbocycles. The molecule has 0 rings (SSSR count). The van der Waals surface area contributed by atoms with Crippen molar-refractivity contribution in [3.8, 4) is 0 Å². The second-order valence-electron chi connectivity index (χ2n) is 1.35. The number of hydrogen-bond donors (Lipinski definition) is 3. The van der Waals surface area contributed by atoms with Crippen LogP contribution in [0.15, 0.2) is 0 Å². The lowest BCUT2D eigenvalue weighted by Crippen LogP contribution is -2.03. The van der Waals surface area contributed by atoms with Crippen LogP contribution in [0.4, 0.5) is 0 Å². The van der Waals surface area contributed by atoms with E-state index < -0.39 is 10.4 Å². The molecule has 0 aliphatic heterocycles. The van der Waals surface area contributed by atoms with Crippen molar-refractivity contribution in [2.75, 3.05) is 0 Å². The molecule has 0 fully saturated rings. The fourth-order valence-corrected chi connectivity index (χ4v) is 0. The smallest absolute Gasteiger partial charge is 0.288 e. The predicted molar refractivity (Wildman–Crippen MR) is 36.8 cm³/mol. The molecular formula is C2H9NO5PS+. The molecule has 2 unspecified atom stereocenters. The van der Waals surface area contributed by atoms with E-state index in [0.717, 1.165) is 0 Å². The van der Waals surface area contributed by atoms with E-state index in [1.807, 2.05) is 0 Å². The highest BCUT2D eigenvalue weighted by Crippen LogP contribution is 1.92. The summed E-state index contributed by atoms with van der Waals surface area (Å²) in [5, 5.41) is 0. The van der Waals surface area contributed by atoms with Crippen LogP contribution in [0.3, 0.4) is 0 Å². The minimum atomic E-state index is -4.67. The van der Waals surface area contributed by atoms with Crippen molar-refractivity contribution in [2.45, 2.75) is 12.7 Å². The van der Waals surface area contributed by atoms with E-state index in [-0.39, 0.29) is 14.2 Å². The number of rotatable bonds is 1. The molecule has 2 atom stereocenters. The second-order valence-corrected chi connectivity index (χ2v) is 3.40. The summed E-state index contributed by atoms with van der Waals surface area (Å²) in [6.07, 6.45) is 0. The SMILES string of the molecule is CC(N)[PH+]=O.O=S(=O)(O)O. The second kappa shape index (κ2) is 5.70. The molecule has 0 radical (unpaired) electrons. The fourth-order valence-electron chi connectivity index (χ4n) is 0. The van der Waals surface area contributed by atoms with Gasteiger partial charge in [0.05, 0.1) is 0 Å². The topological polar surface area (TPSA) is 118 Å². The molecule has 0 heterocycles. The summed E-state index contributed by atoms with van der Waals surface area (Å²) in [6.45, 7) is 1.70. The molecule has 0 spiro atoms. The number of nitrogens with two attached hydrogens (primary N) is 1. The maximum Gasteiger partial charge on any atom is 0.394 e. The van der Waals surface area contributed by atoms with Crippen LogP contribution < -0.4 is 5.73 Å². The van der Waals surface area contributed by atoms with E-state index in [2.05, 4.69) is 0 Å². The van der Waals surface area contributed by atoms with Crippen molar-refractivity contribution >= 4 is 18.9 Å². The molecule has 62 valence electrons. The summed E-state index contributed by atoms with van der Waals surface area (Å²) >= 11 is 0. The summed E-state index contributed by atoms with van der Waals surface area (Å²) in [5.74, 6) is -0.144. The van der Waals surface area contributed by atoms with Crippen LogP contribution in [0.1, 0.15) is 6.92 Å². The van der Waals surface area contributed by atoms with Gasteiger partial charge in [0.2, 0.25) is 0 Å². The normalized spacial score (nSPS) is 13.6. The zero-order valence-electron chi connectivity index (χ0n) is 5.18. The van der Waals surface area contributed by atoms with Crippen molar-refractivity contribution in [1.82, 2.24) is 0 Å². The first-order valence-electron chi connectivity index (χ1n) is 2.10. The van der Waals surface area contributed by atoms with Gasteiger partial charge in [-0.1, -0.05) is 4.57 Å². The van der Waals surface area contributed by atoms with Crippen LogP contribution in [0, 0.1) is 0 Å². The van der Waals surface area contributed by atoms with Crippen LogP contribution in [-0.4, -0.2) is 23.3 Å². The van der Waals surface area contributed by atoms with Crippen LogP contribution in [-0.2, 0) is 15.0 Å². The van der Waals surface area contributed by atoms with E-state index in [9.17, 15) is 4.57 Å². The van der Waals surface area contributed by atoms with Crippen LogP contribution in [0.5, 0.6) is 0 Å². The third-order valence-electron chi connectivity index (χ3n) is 0.186. The Morgan fingerprint density at radius 1 is 1.50 bits per heavy atom. The van der Waals surface area contributed by atoms with Gasteiger partial charge in [0.15, 0.2) is 5.78 Å². The molecule has 0 saturated heterocycles. The van der Waals surface area contributed by atoms with Crippen LogP contribution in [0.25, 0.3) is 0 Å². The molecule has 0 aliphatic carbocycles. The Bertz CT molecular complexity index is 166. The van der Waals surface area contributed by atoms with Gasteiger partial charge in [0.1, 0.15) is 0 Å². The molecular weight excluding hydrogens is 181 g/mol. The van der Waals surface area contributed by atoms with Gasteiger partial charge in [-0.15, -0.1) is 0 Å². The van der Waals surface area contributed by atoms with E-state index in [1.54, 1.807) is 6.92 Å². The van der Waals surface area contributed by atoms with Gasteiger partial charge in [-0.25, -0.2) is 0 Å². The predicted octanol–water partition coefficient (Wildman–Crippen LogP) is -0.338. The quantitative estimate of drug-likeness (QED) is 0.384. The van der Waals surface area contributed by atoms with E-state index in [4.69, 9.17) is 23.3 Å². The highest BCUT2D eigenvalue weighted by molar-refractivity contribution is 7.79. The van der Waals surface area contributed by atoms with E-state index >= 15 is 0 Å². The Morgan fingerprint density at radius 3 is 1.60 bits per heavy atom. The van der Waals surface area contributed by atoms with Gasteiger partial charge in [0, 0.05) is 0 Å². The fraction of sp³-hybridized carbons (Fsp3) is 1.00. The Kier molecular flexibility index (Phi) is 7.17. The monoisotopic (exact) mass is 190 g/mol. The summed E-state index contributed by atoms with van der Waals surface area (Å²) < 4.78 is 41.1. The van der Waals surface area contributed by atoms with Gasteiger partial charge in [-0.2, -0.15) is 8.42 Å². The zero-order valence-corrected chi connectivity index (χ0v) is 7.00. The Balaban J connectivity index is 0. The first-order chi connectivity index (χ1) is 4.27. The molecule has 0 aromatic carbocycles. The average molecular weight is 190 g/mol. The van der Waals surface area contributed by atoms with Gasteiger partial charge < -0.3 is 0 Å². The van der Waals surface area contributed by atoms with Crippen LogP contribution >= 0.6 is 8.46 Å². The highest BCUT2D eigenvalue weighted by atomic mass is 32.3. The van der Waals surface area contributed by atoms with Gasteiger partial charge in [-0.3, -0.25) is 14.8 Å². The summed E-state index contributed by atoms with van der Waals surface area (Å²) in [5.41, 5.74) is 4.99. The molecule has 4 N–H and O–H groups in total. The Labute approximate surface area is 60.2 Å². The Morgan fingerprint density at radius 2 is 1.60 bits per heavy atom. The molecule has 0 amide bonds. The van der Waals surface area contributed by atoms with Crippen molar-refractivity contribution in [3.05, 3.63) is 0 Å².